The Labute approximate surface area is 519 Å². The molecule has 5 aliphatic heterocycles. The summed E-state index contributed by atoms with van der Waals surface area (Å²) in [4.78, 5) is 23.0. The molecule has 423 valence electrons. The van der Waals surface area contributed by atoms with E-state index >= 15 is 0 Å². The van der Waals surface area contributed by atoms with Gasteiger partial charge in [0.2, 0.25) is 20.0 Å². The number of rotatable bonds is 21. The van der Waals surface area contributed by atoms with Gasteiger partial charge in [0.25, 0.3) is 0 Å². The highest BCUT2D eigenvalue weighted by atomic mass is 17.2. The molecule has 0 N–H and O–H groups in total. The Hall–Kier alpha value is -8.25. The maximum atomic E-state index is 5.87. The second kappa shape index (κ2) is 29.4. The monoisotopic (exact) mass is 1130 g/mol. The molecule has 5 heterocycles. The lowest BCUT2D eigenvalue weighted by molar-refractivity contribution is -0.212. The van der Waals surface area contributed by atoms with Gasteiger partial charge >= 0.3 is 13.8 Å². The summed E-state index contributed by atoms with van der Waals surface area (Å²) in [5.74, 6) is 0. The molecule has 0 saturated carbocycles. The van der Waals surface area contributed by atoms with Crippen LogP contribution in [-0.2, 0) is 19.4 Å². The average molecular weight is 1130 g/mol. The Kier molecular flexibility index (Phi) is 20.0. The maximum absolute atomic E-state index is 5.87. The van der Waals surface area contributed by atoms with E-state index < -0.39 is 0 Å². The first-order valence-electron chi connectivity index (χ1n) is 31.7. The van der Waals surface area contributed by atoms with Crippen LogP contribution in [0.15, 0.2) is 261 Å². The normalized spacial score (nSPS) is 12.4. The average Bonchev–Trinajstić information content (AvgIpc) is 2.36. The van der Waals surface area contributed by atoms with Gasteiger partial charge in [-0.2, -0.15) is 0 Å². The molecule has 0 bridgehead atoms. The van der Waals surface area contributed by atoms with E-state index in [4.69, 9.17) is 26.0 Å². The standard InChI is InChI=1S/C30H28B2O4.C30H28B2.C12H8B.C6H9/c1(11-21-33-35-31-27-17-7-3-13-23(27)24-14-4-8-18-28(24)31)2-12-22-34-36-32-29-19-9-5-15-25(29)26-16-6-10-20-30(26)32;1(11-21-31-27-17-7-3-13-23(27)24-14-4-8-18-28(24)31)2-12-22-32-29-19-9-5-15-25(29)26-16-6-10-20-30(26)32;1-3-7-11-9(5-1)10-6-2-4-8-12(10)13-11;1-3-5-6-4-2/h3-10,13-20H,1-2,11-12,21-22H2;3-10,13-20H,1-2,11-12,21-22H2;1-8H;1,3-4H,2,5-6H2/q;;;+1. The molecule has 0 aromatic heterocycles. The van der Waals surface area contributed by atoms with Gasteiger partial charge in [0.1, 0.15) is 0 Å². The summed E-state index contributed by atoms with van der Waals surface area (Å²) in [6.07, 6.45) is 17.3. The molecule has 4 nitrogen and oxygen atoms in total. The summed E-state index contributed by atoms with van der Waals surface area (Å²) in [5.41, 5.74) is 26.9. The number of hydrogen-bond donors (Lipinski definition) is 0. The SMILES string of the molecule is [B]1c2ccccc2-c2ccccc21.[CH+]=CCCC=C.c1ccc2c(c1)B(CCCCCCB1c3ccccc3-c3ccccc31)c1ccccc1-2.c1ccc2c(c1)B(OOCCCCCCOOB1c3ccccc3-c3ccccc31)c1ccccc1-2. The van der Waals surface area contributed by atoms with Crippen molar-refractivity contribution in [2.45, 2.75) is 76.8 Å². The molecule has 0 amide bonds. The number of benzene rings is 10. The van der Waals surface area contributed by atoms with Crippen LogP contribution in [0.3, 0.4) is 0 Å². The molecule has 10 aromatic rings. The molecule has 5 aliphatic rings. The quantitative estimate of drug-likeness (QED) is 0.0179. The van der Waals surface area contributed by atoms with Crippen molar-refractivity contribution >= 4 is 89.2 Å². The van der Waals surface area contributed by atoms with Gasteiger partial charge in [-0.25, -0.2) is 0 Å². The summed E-state index contributed by atoms with van der Waals surface area (Å²) in [6.45, 7) is 10.6. The Bertz CT molecular complexity index is 3520. The minimum absolute atomic E-state index is 0.159. The Morgan fingerprint density at radius 2 is 0.575 bits per heavy atom. The van der Waals surface area contributed by atoms with E-state index in [9.17, 15) is 0 Å². The van der Waals surface area contributed by atoms with Crippen molar-refractivity contribution in [3.63, 3.8) is 0 Å². The van der Waals surface area contributed by atoms with E-state index in [2.05, 4.69) is 257 Å². The first-order chi connectivity index (χ1) is 43.2. The zero-order valence-electron chi connectivity index (χ0n) is 50.0. The first-order valence-corrected chi connectivity index (χ1v) is 31.7. The van der Waals surface area contributed by atoms with Crippen molar-refractivity contribution < 1.29 is 19.4 Å². The van der Waals surface area contributed by atoms with Crippen LogP contribution in [0.5, 0.6) is 0 Å². The summed E-state index contributed by atoms with van der Waals surface area (Å²) in [5, 5.41) is 0. The van der Waals surface area contributed by atoms with Crippen LogP contribution >= 0.6 is 0 Å². The lowest BCUT2D eigenvalue weighted by Crippen LogP contribution is -2.41. The van der Waals surface area contributed by atoms with Crippen LogP contribution < -0.4 is 54.6 Å². The molecular weight excluding hydrogens is 1050 g/mol. The van der Waals surface area contributed by atoms with Gasteiger partial charge in [0, 0.05) is 6.42 Å². The maximum Gasteiger partial charge on any atom is 0.406 e. The fourth-order valence-corrected chi connectivity index (χ4v) is 13.6. The van der Waals surface area contributed by atoms with Crippen molar-refractivity contribution in [3.05, 3.63) is 268 Å². The smallest absolute Gasteiger partial charge is 0.292 e. The van der Waals surface area contributed by atoms with Crippen LogP contribution in [0.25, 0.3) is 55.6 Å². The van der Waals surface area contributed by atoms with Crippen molar-refractivity contribution in [1.82, 2.24) is 0 Å². The Morgan fingerprint density at radius 1 is 0.310 bits per heavy atom. The Morgan fingerprint density at radius 3 is 0.874 bits per heavy atom. The van der Waals surface area contributed by atoms with Crippen LogP contribution in [-0.4, -0.2) is 47.7 Å². The van der Waals surface area contributed by atoms with Crippen LogP contribution in [0.1, 0.15) is 64.2 Å². The van der Waals surface area contributed by atoms with Gasteiger partial charge < -0.3 is 0 Å². The predicted octanol–water partition coefficient (Wildman–Crippen LogP) is 12.4. The first kappa shape index (κ1) is 59.1. The van der Waals surface area contributed by atoms with Crippen molar-refractivity contribution in [1.29, 1.82) is 0 Å². The fraction of sp³-hybridized carbons (Fsp3) is 0.179. The lowest BCUT2D eigenvalue weighted by atomic mass is 9.40. The third-order valence-electron chi connectivity index (χ3n) is 17.8. The summed E-state index contributed by atoms with van der Waals surface area (Å²) < 4.78 is 0. The van der Waals surface area contributed by atoms with Crippen molar-refractivity contribution in [2.24, 2.45) is 0 Å². The largest absolute Gasteiger partial charge is 0.406 e. The lowest BCUT2D eigenvalue weighted by Gasteiger charge is -2.11. The number of hydrogen-bond acceptors (Lipinski definition) is 4. The van der Waals surface area contributed by atoms with Gasteiger partial charge in [0.15, 0.2) is 13.4 Å². The molecule has 15 rings (SSSR count). The van der Waals surface area contributed by atoms with Gasteiger partial charge in [-0.05, 0) is 96.7 Å². The third kappa shape index (κ3) is 13.4. The number of fused-ring (bicyclic) bond motifs is 15. The van der Waals surface area contributed by atoms with E-state index in [-0.39, 0.29) is 13.8 Å². The molecule has 0 fully saturated rings. The van der Waals surface area contributed by atoms with E-state index in [1.807, 2.05) is 6.08 Å². The van der Waals surface area contributed by atoms with Crippen molar-refractivity contribution in [3.8, 4) is 55.6 Å². The molecule has 0 aliphatic carbocycles. The highest BCUT2D eigenvalue weighted by molar-refractivity contribution is 6.90. The second-order valence-corrected chi connectivity index (χ2v) is 23.2. The highest BCUT2D eigenvalue weighted by Gasteiger charge is 2.37. The van der Waals surface area contributed by atoms with E-state index in [1.165, 1.54) is 149 Å². The molecule has 10 aromatic carbocycles. The molecule has 0 unspecified atom stereocenters. The van der Waals surface area contributed by atoms with Gasteiger partial charge in [0.05, 0.1) is 13.2 Å². The zero-order chi connectivity index (χ0) is 59.0. The van der Waals surface area contributed by atoms with Gasteiger partial charge in [-0.3, -0.25) is 19.4 Å². The predicted molar refractivity (Wildman–Crippen MR) is 373 cm³/mol. The molecular formula is C78H73B5O4+. The summed E-state index contributed by atoms with van der Waals surface area (Å²) >= 11 is 0. The minimum atomic E-state index is -0.159. The molecule has 9 heteroatoms. The second-order valence-electron chi connectivity index (χ2n) is 23.2. The number of allylic oxidation sites excluding steroid dienone is 2. The van der Waals surface area contributed by atoms with E-state index in [1.54, 1.807) is 6.08 Å². The summed E-state index contributed by atoms with van der Waals surface area (Å²) in [7, 11) is 2.24. The fourth-order valence-electron chi connectivity index (χ4n) is 13.6. The molecule has 87 heavy (non-hydrogen) atoms. The van der Waals surface area contributed by atoms with Gasteiger partial charge in [-0.15, -0.1) is 6.58 Å². The Balaban J connectivity index is 0.000000131. The molecule has 1 radical (unpaired) electrons. The summed E-state index contributed by atoms with van der Waals surface area (Å²) in [6, 6.07) is 86.7. The zero-order valence-corrected chi connectivity index (χ0v) is 50.0. The van der Waals surface area contributed by atoms with E-state index in [0.717, 1.165) is 38.5 Å². The minimum Gasteiger partial charge on any atom is -0.292 e. The van der Waals surface area contributed by atoms with Crippen LogP contribution in [0.2, 0.25) is 12.6 Å². The topological polar surface area (TPSA) is 36.9 Å². The van der Waals surface area contributed by atoms with E-state index in [0.29, 0.717) is 26.6 Å². The van der Waals surface area contributed by atoms with Crippen LogP contribution in [0, 0.1) is 6.58 Å². The van der Waals surface area contributed by atoms with Crippen molar-refractivity contribution in [2.75, 3.05) is 13.2 Å². The molecule has 0 atom stereocenters. The highest BCUT2D eigenvalue weighted by Crippen LogP contribution is 2.29. The van der Waals surface area contributed by atoms with Gasteiger partial charge in [-0.1, -0.05) is 333 Å². The van der Waals surface area contributed by atoms with Crippen LogP contribution in [0.4, 0.5) is 0 Å². The third-order valence-corrected chi connectivity index (χ3v) is 17.8. The molecule has 0 spiro atoms. The number of unbranched alkanes of at least 4 members (excludes halogenated alkanes) is 7. The molecule has 0 saturated heterocycles.